The van der Waals surface area contributed by atoms with Crippen molar-refractivity contribution in [1.29, 1.82) is 0 Å². The minimum Gasteiger partial charge on any atom is -0.368 e. The van der Waals surface area contributed by atoms with E-state index in [-0.39, 0.29) is 16.9 Å². The summed E-state index contributed by atoms with van der Waals surface area (Å²) in [6, 6.07) is 8.38. The Balaban J connectivity index is 1.52. The fourth-order valence-corrected chi connectivity index (χ4v) is 5.68. The minimum atomic E-state index is -0.417. The number of aromatic nitrogens is 7. The maximum atomic E-state index is 13.3. The molecular formula is C27H35N9O2S. The smallest absolute Gasteiger partial charge is 0.332 e. The summed E-state index contributed by atoms with van der Waals surface area (Å²) in [5.74, 6) is 1.71. The number of nitrogen functional groups attached to an aromatic ring is 1. The van der Waals surface area contributed by atoms with Crippen LogP contribution >= 0.6 is 11.8 Å². The van der Waals surface area contributed by atoms with Gasteiger partial charge in [0.2, 0.25) is 11.9 Å². The van der Waals surface area contributed by atoms with E-state index >= 15 is 0 Å². The molecule has 0 aliphatic carbocycles. The SMILES string of the molecule is Cn1c(=O)c2c(nc(SCc3nc(N)nc(N4CCCCC4)n3)n2Cc2ccc(C(C)(C)C)cc2)n(C)c1=O. The molecule has 0 bridgehead atoms. The lowest BCUT2D eigenvalue weighted by Crippen LogP contribution is -2.37. The Morgan fingerprint density at radius 1 is 0.923 bits per heavy atom. The molecular weight excluding hydrogens is 514 g/mol. The quantitative estimate of drug-likeness (QED) is 0.361. The molecule has 206 valence electrons. The normalized spacial score (nSPS) is 14.3. The van der Waals surface area contributed by atoms with E-state index in [1.165, 1.54) is 35.4 Å². The Morgan fingerprint density at radius 3 is 2.28 bits per heavy atom. The Labute approximate surface area is 231 Å². The third kappa shape index (κ3) is 5.42. The number of imidazole rings is 1. The Bertz CT molecular complexity index is 1620. The van der Waals surface area contributed by atoms with E-state index < -0.39 is 5.69 Å². The number of nitrogens with zero attached hydrogens (tertiary/aromatic N) is 8. The molecule has 2 N–H and O–H groups in total. The topological polar surface area (TPSA) is 130 Å². The molecule has 0 atom stereocenters. The number of aryl methyl sites for hydroxylation is 1. The standard InChI is InChI=1S/C27H35N9O2S/c1-27(2,3)18-11-9-17(10-12-18)15-36-20-21(33(4)26(38)34(5)22(20)37)31-25(36)39-16-19-29-23(28)32-24(30-19)35-13-7-6-8-14-35/h9-12H,6-8,13-16H2,1-5H3,(H2,28,29,30,32). The van der Waals surface area contributed by atoms with Gasteiger partial charge in [-0.3, -0.25) is 13.9 Å². The monoisotopic (exact) mass is 549 g/mol. The number of anilines is 2. The maximum Gasteiger partial charge on any atom is 0.332 e. The summed E-state index contributed by atoms with van der Waals surface area (Å²) in [6.45, 7) is 8.75. The second kappa shape index (κ2) is 10.5. The van der Waals surface area contributed by atoms with Crippen molar-refractivity contribution < 1.29 is 0 Å². The maximum absolute atomic E-state index is 13.3. The van der Waals surface area contributed by atoms with Crippen LogP contribution in [0.2, 0.25) is 0 Å². The summed E-state index contributed by atoms with van der Waals surface area (Å²) in [5.41, 5.74) is 8.27. The molecule has 4 heterocycles. The van der Waals surface area contributed by atoms with Gasteiger partial charge in [-0.2, -0.15) is 15.0 Å². The Hall–Kier alpha value is -3.67. The molecule has 4 aromatic rings. The van der Waals surface area contributed by atoms with Gasteiger partial charge in [-0.25, -0.2) is 9.78 Å². The van der Waals surface area contributed by atoms with Crippen molar-refractivity contribution in [2.45, 2.75) is 62.9 Å². The molecule has 1 saturated heterocycles. The van der Waals surface area contributed by atoms with Gasteiger partial charge in [-0.1, -0.05) is 56.8 Å². The molecule has 0 saturated carbocycles. The van der Waals surface area contributed by atoms with Gasteiger partial charge in [-0.15, -0.1) is 0 Å². The summed E-state index contributed by atoms with van der Waals surface area (Å²) in [5, 5.41) is 0.599. The van der Waals surface area contributed by atoms with E-state index in [9.17, 15) is 9.59 Å². The van der Waals surface area contributed by atoms with Crippen LogP contribution in [0.4, 0.5) is 11.9 Å². The molecule has 1 fully saturated rings. The van der Waals surface area contributed by atoms with Gasteiger partial charge >= 0.3 is 5.69 Å². The first kappa shape index (κ1) is 26.9. The molecule has 0 spiro atoms. The third-order valence-corrected chi connectivity index (χ3v) is 8.10. The number of fused-ring (bicyclic) bond motifs is 1. The van der Waals surface area contributed by atoms with Crippen LogP contribution in [0.1, 0.15) is 57.0 Å². The molecule has 1 aliphatic rings. The average molecular weight is 550 g/mol. The lowest BCUT2D eigenvalue weighted by atomic mass is 9.87. The van der Waals surface area contributed by atoms with Crippen molar-refractivity contribution in [3.05, 3.63) is 62.1 Å². The zero-order valence-corrected chi connectivity index (χ0v) is 24.0. The van der Waals surface area contributed by atoms with E-state index in [0.29, 0.717) is 40.4 Å². The first-order valence-corrected chi connectivity index (χ1v) is 14.2. The number of hydrogen-bond acceptors (Lipinski definition) is 9. The second-order valence-corrected chi connectivity index (χ2v) is 12.0. The van der Waals surface area contributed by atoms with Crippen LogP contribution in [0.3, 0.4) is 0 Å². The molecule has 0 amide bonds. The van der Waals surface area contributed by atoms with E-state index in [0.717, 1.165) is 36.1 Å². The zero-order valence-electron chi connectivity index (χ0n) is 23.1. The number of hydrogen-bond donors (Lipinski definition) is 1. The van der Waals surface area contributed by atoms with Crippen molar-refractivity contribution in [2.75, 3.05) is 23.7 Å². The molecule has 3 aromatic heterocycles. The molecule has 1 aliphatic heterocycles. The highest BCUT2D eigenvalue weighted by Gasteiger charge is 2.22. The van der Waals surface area contributed by atoms with Crippen LogP contribution in [0.25, 0.3) is 11.2 Å². The molecule has 0 unspecified atom stereocenters. The lowest BCUT2D eigenvalue weighted by Gasteiger charge is -2.26. The van der Waals surface area contributed by atoms with Crippen molar-refractivity contribution >= 4 is 34.8 Å². The lowest BCUT2D eigenvalue weighted by molar-refractivity contribution is 0.567. The number of benzene rings is 1. The zero-order chi connectivity index (χ0) is 27.9. The van der Waals surface area contributed by atoms with Gasteiger partial charge in [0.1, 0.15) is 5.82 Å². The third-order valence-electron chi connectivity index (χ3n) is 7.13. The van der Waals surface area contributed by atoms with Gasteiger partial charge in [0.15, 0.2) is 16.3 Å². The van der Waals surface area contributed by atoms with E-state index in [1.54, 1.807) is 7.05 Å². The predicted octanol–water partition coefficient (Wildman–Crippen LogP) is 2.83. The number of piperidine rings is 1. The van der Waals surface area contributed by atoms with Crippen molar-refractivity contribution in [1.82, 2.24) is 33.6 Å². The van der Waals surface area contributed by atoms with Crippen molar-refractivity contribution in [3.8, 4) is 0 Å². The van der Waals surface area contributed by atoms with Gasteiger partial charge in [0.05, 0.1) is 12.3 Å². The predicted molar refractivity (Wildman–Crippen MR) is 154 cm³/mol. The van der Waals surface area contributed by atoms with E-state index in [1.807, 2.05) is 4.57 Å². The summed E-state index contributed by atoms with van der Waals surface area (Å²) >= 11 is 1.41. The highest BCUT2D eigenvalue weighted by atomic mass is 32.2. The summed E-state index contributed by atoms with van der Waals surface area (Å²) in [7, 11) is 3.12. The van der Waals surface area contributed by atoms with Crippen LogP contribution in [0, 0.1) is 0 Å². The fourth-order valence-electron chi connectivity index (χ4n) is 4.83. The van der Waals surface area contributed by atoms with Gasteiger partial charge in [0.25, 0.3) is 5.56 Å². The summed E-state index contributed by atoms with van der Waals surface area (Å²) < 4.78 is 4.41. The van der Waals surface area contributed by atoms with Gasteiger partial charge in [0, 0.05) is 27.2 Å². The number of nitrogens with two attached hydrogens (primary N) is 1. The largest absolute Gasteiger partial charge is 0.368 e. The number of thioether (sulfide) groups is 1. The average Bonchev–Trinajstić information content (AvgIpc) is 3.27. The highest BCUT2D eigenvalue weighted by Crippen LogP contribution is 2.27. The van der Waals surface area contributed by atoms with Crippen LogP contribution in [-0.4, -0.2) is 46.7 Å². The highest BCUT2D eigenvalue weighted by molar-refractivity contribution is 7.98. The Kier molecular flexibility index (Phi) is 7.23. The van der Waals surface area contributed by atoms with E-state index in [4.69, 9.17) is 10.7 Å². The molecule has 0 radical (unpaired) electrons. The van der Waals surface area contributed by atoms with Crippen molar-refractivity contribution in [2.24, 2.45) is 14.1 Å². The first-order chi connectivity index (χ1) is 18.5. The molecule has 1 aromatic carbocycles. The van der Waals surface area contributed by atoms with Gasteiger partial charge < -0.3 is 15.2 Å². The first-order valence-electron chi connectivity index (χ1n) is 13.2. The minimum absolute atomic E-state index is 0.0366. The number of rotatable bonds is 6. The molecule has 39 heavy (non-hydrogen) atoms. The molecule has 11 nitrogen and oxygen atoms in total. The van der Waals surface area contributed by atoms with E-state index in [2.05, 4.69) is 64.9 Å². The van der Waals surface area contributed by atoms with Crippen LogP contribution in [0.5, 0.6) is 0 Å². The van der Waals surface area contributed by atoms with Crippen LogP contribution in [-0.2, 0) is 31.8 Å². The summed E-state index contributed by atoms with van der Waals surface area (Å²) in [4.78, 5) is 46.2. The molecule has 12 heteroatoms. The fraction of sp³-hybridized carbons (Fsp3) is 0.481. The molecule has 5 rings (SSSR count). The summed E-state index contributed by atoms with van der Waals surface area (Å²) in [6.07, 6.45) is 3.41. The van der Waals surface area contributed by atoms with Crippen molar-refractivity contribution in [3.63, 3.8) is 0 Å². The van der Waals surface area contributed by atoms with Crippen LogP contribution in [0.15, 0.2) is 39.0 Å². The Morgan fingerprint density at radius 2 is 1.62 bits per heavy atom. The second-order valence-electron chi connectivity index (χ2n) is 11.1. The van der Waals surface area contributed by atoms with Crippen LogP contribution < -0.4 is 21.9 Å². The van der Waals surface area contributed by atoms with Gasteiger partial charge in [-0.05, 0) is 35.8 Å².